The van der Waals surface area contributed by atoms with E-state index >= 15 is 0 Å². The maximum Gasteiger partial charge on any atom is 0.306 e. The summed E-state index contributed by atoms with van der Waals surface area (Å²) in [5.74, 6) is -0.793. The highest BCUT2D eigenvalue weighted by Gasteiger charge is 2.37. The first-order valence-electron chi connectivity index (χ1n) is 5.92. The largest absolute Gasteiger partial charge is 0.497 e. The molecule has 1 aromatic carbocycles. The van der Waals surface area contributed by atoms with E-state index in [0.717, 1.165) is 0 Å². The number of hydrogen-bond donors (Lipinski definition) is 2. The van der Waals surface area contributed by atoms with Crippen LogP contribution in [0, 0.1) is 5.92 Å². The average Bonchev–Trinajstić information content (AvgIpc) is 2.32. The van der Waals surface area contributed by atoms with Gasteiger partial charge in [-0.1, -0.05) is 0 Å². The lowest BCUT2D eigenvalue weighted by Gasteiger charge is -2.32. The summed E-state index contributed by atoms with van der Waals surface area (Å²) < 4.78 is 32.3. The van der Waals surface area contributed by atoms with Crippen LogP contribution >= 0.6 is 15.9 Å². The van der Waals surface area contributed by atoms with Crippen LogP contribution in [0.3, 0.4) is 0 Å². The van der Waals surface area contributed by atoms with Crippen LogP contribution < -0.4 is 9.46 Å². The fraction of sp³-hybridized carbons (Fsp3) is 0.417. The molecule has 0 unspecified atom stereocenters. The lowest BCUT2D eigenvalue weighted by molar-refractivity contribution is -0.145. The molecule has 0 aliphatic heterocycles. The minimum absolute atomic E-state index is 0.108. The Hall–Kier alpha value is -1.12. The number of hydrogen-bond acceptors (Lipinski definition) is 4. The van der Waals surface area contributed by atoms with Crippen molar-refractivity contribution in [3.05, 3.63) is 22.7 Å². The van der Waals surface area contributed by atoms with Crippen molar-refractivity contribution in [1.82, 2.24) is 4.72 Å². The lowest BCUT2D eigenvalue weighted by atomic mass is 9.81. The van der Waals surface area contributed by atoms with Crippen LogP contribution in [0.4, 0.5) is 0 Å². The van der Waals surface area contributed by atoms with Crippen LogP contribution in [0.15, 0.2) is 27.6 Å². The molecule has 0 aromatic heterocycles. The van der Waals surface area contributed by atoms with Gasteiger partial charge in [0.15, 0.2) is 0 Å². The number of halogens is 1. The van der Waals surface area contributed by atoms with Gasteiger partial charge in [-0.2, -0.15) is 0 Å². The molecule has 1 aliphatic carbocycles. The fourth-order valence-corrected chi connectivity index (χ4v) is 4.34. The quantitative estimate of drug-likeness (QED) is 0.828. The third-order valence-electron chi connectivity index (χ3n) is 3.24. The van der Waals surface area contributed by atoms with Crippen molar-refractivity contribution in [1.29, 1.82) is 0 Å². The van der Waals surface area contributed by atoms with E-state index in [1.807, 2.05) is 0 Å². The number of methoxy groups -OCH3 is 1. The first-order valence-corrected chi connectivity index (χ1v) is 8.20. The number of carbonyl (C=O) groups is 1. The van der Waals surface area contributed by atoms with Crippen molar-refractivity contribution in [2.75, 3.05) is 7.11 Å². The number of aliphatic carboxylic acids is 1. The second-order valence-corrected chi connectivity index (χ2v) is 7.16. The Balaban J connectivity index is 2.10. The molecule has 0 heterocycles. The number of carboxylic acid groups (broad SMARTS) is 1. The first kappa shape index (κ1) is 15.3. The third-order valence-corrected chi connectivity index (χ3v) is 5.73. The second-order valence-electron chi connectivity index (χ2n) is 4.62. The van der Waals surface area contributed by atoms with Gasteiger partial charge in [0.25, 0.3) is 0 Å². The zero-order valence-electron chi connectivity index (χ0n) is 10.7. The Bertz CT molecular complexity index is 625. The molecule has 1 saturated carbocycles. The Labute approximate surface area is 125 Å². The molecule has 0 amide bonds. The number of nitrogens with one attached hydrogen (secondary N) is 1. The molecule has 0 radical (unpaired) electrons. The smallest absolute Gasteiger partial charge is 0.306 e. The second kappa shape index (κ2) is 5.71. The summed E-state index contributed by atoms with van der Waals surface area (Å²) >= 11 is 3.20. The maximum absolute atomic E-state index is 12.2. The normalized spacial score (nSPS) is 22.1. The van der Waals surface area contributed by atoms with E-state index in [0.29, 0.717) is 23.1 Å². The number of carboxylic acids is 1. The highest BCUT2D eigenvalue weighted by molar-refractivity contribution is 9.10. The summed E-state index contributed by atoms with van der Waals surface area (Å²) in [5.41, 5.74) is 0. The summed E-state index contributed by atoms with van der Waals surface area (Å²) in [5, 5.41) is 8.77. The summed E-state index contributed by atoms with van der Waals surface area (Å²) in [7, 11) is -2.18. The number of rotatable bonds is 5. The van der Waals surface area contributed by atoms with Gasteiger partial charge in [-0.3, -0.25) is 4.79 Å². The molecule has 1 fully saturated rings. The molecule has 0 atom stereocenters. The standard InChI is InChI=1S/C12H14BrNO5S/c1-19-9-2-3-11(10(13)6-9)20(17,18)14-8-4-7(5-8)12(15)16/h2-3,6-8,14H,4-5H2,1H3,(H,15,16). The first-order chi connectivity index (χ1) is 9.33. The van der Waals surface area contributed by atoms with Crippen LogP contribution in [-0.2, 0) is 14.8 Å². The molecule has 0 saturated heterocycles. The minimum Gasteiger partial charge on any atom is -0.497 e. The van der Waals surface area contributed by atoms with E-state index in [9.17, 15) is 13.2 Å². The fourth-order valence-electron chi connectivity index (χ4n) is 2.03. The van der Waals surface area contributed by atoms with Crippen molar-refractivity contribution in [2.24, 2.45) is 5.92 Å². The van der Waals surface area contributed by atoms with E-state index in [4.69, 9.17) is 9.84 Å². The molecule has 110 valence electrons. The van der Waals surface area contributed by atoms with Crippen LogP contribution in [0.25, 0.3) is 0 Å². The molecule has 6 nitrogen and oxygen atoms in total. The highest BCUT2D eigenvalue weighted by atomic mass is 79.9. The summed E-state index contributed by atoms with van der Waals surface area (Å²) in [6.07, 6.45) is 0.644. The lowest BCUT2D eigenvalue weighted by Crippen LogP contribution is -2.46. The van der Waals surface area contributed by atoms with Crippen LogP contribution in [0.2, 0.25) is 0 Å². The van der Waals surface area contributed by atoms with E-state index < -0.39 is 21.9 Å². The van der Waals surface area contributed by atoms with Crippen molar-refractivity contribution in [3.63, 3.8) is 0 Å². The summed E-state index contributed by atoms with van der Waals surface area (Å²) in [4.78, 5) is 10.8. The Morgan fingerprint density at radius 3 is 2.60 bits per heavy atom. The van der Waals surface area contributed by atoms with Gasteiger partial charge in [-0.15, -0.1) is 0 Å². The van der Waals surface area contributed by atoms with Gasteiger partial charge in [0.1, 0.15) is 5.75 Å². The molecule has 8 heteroatoms. The van der Waals surface area contributed by atoms with Gasteiger partial charge in [0.2, 0.25) is 10.0 Å². The Morgan fingerprint density at radius 1 is 1.45 bits per heavy atom. The summed E-state index contributed by atoms with van der Waals surface area (Å²) in [6, 6.07) is 4.24. The van der Waals surface area contributed by atoms with E-state index in [1.165, 1.54) is 13.2 Å². The molecule has 2 N–H and O–H groups in total. The van der Waals surface area contributed by atoms with Crippen LogP contribution in [0.5, 0.6) is 5.75 Å². The van der Waals surface area contributed by atoms with Gasteiger partial charge < -0.3 is 9.84 Å². The third kappa shape index (κ3) is 3.13. The Kier molecular flexibility index (Phi) is 4.36. The van der Waals surface area contributed by atoms with Gasteiger partial charge in [0.05, 0.1) is 17.9 Å². The zero-order valence-corrected chi connectivity index (χ0v) is 13.1. The zero-order chi connectivity index (χ0) is 14.9. The molecule has 0 spiro atoms. The predicted octanol–water partition coefficient (Wildman–Crippen LogP) is 1.60. The van der Waals surface area contributed by atoms with Crippen LogP contribution in [0.1, 0.15) is 12.8 Å². The van der Waals surface area contributed by atoms with Gasteiger partial charge in [0, 0.05) is 10.5 Å². The molecule has 2 rings (SSSR count). The minimum atomic E-state index is -3.67. The SMILES string of the molecule is COc1ccc(S(=O)(=O)NC2CC(C(=O)O)C2)c(Br)c1. The maximum atomic E-state index is 12.2. The van der Waals surface area contributed by atoms with Gasteiger partial charge in [-0.25, -0.2) is 13.1 Å². The van der Waals surface area contributed by atoms with Crippen molar-refractivity contribution in [2.45, 2.75) is 23.8 Å². The van der Waals surface area contributed by atoms with Crippen molar-refractivity contribution >= 4 is 31.9 Å². The number of sulfonamides is 1. The van der Waals surface area contributed by atoms with E-state index in [2.05, 4.69) is 20.7 Å². The summed E-state index contributed by atoms with van der Waals surface area (Å²) in [6.45, 7) is 0. The average molecular weight is 364 g/mol. The molecular weight excluding hydrogens is 350 g/mol. The van der Waals surface area contributed by atoms with Crippen molar-refractivity contribution in [3.8, 4) is 5.75 Å². The van der Waals surface area contributed by atoms with E-state index in [-0.39, 0.29) is 10.9 Å². The van der Waals surface area contributed by atoms with Gasteiger partial charge >= 0.3 is 5.97 Å². The molecule has 1 aromatic rings. The number of ether oxygens (including phenoxy) is 1. The Morgan fingerprint density at radius 2 is 2.10 bits per heavy atom. The predicted molar refractivity (Wildman–Crippen MR) is 75.2 cm³/mol. The van der Waals surface area contributed by atoms with Crippen molar-refractivity contribution < 1.29 is 23.1 Å². The monoisotopic (exact) mass is 363 g/mol. The molecule has 1 aliphatic rings. The highest BCUT2D eigenvalue weighted by Crippen LogP contribution is 2.31. The molecular formula is C12H14BrNO5S. The van der Waals surface area contributed by atoms with E-state index in [1.54, 1.807) is 12.1 Å². The molecule has 0 bridgehead atoms. The molecule has 20 heavy (non-hydrogen) atoms. The van der Waals surface area contributed by atoms with Gasteiger partial charge in [-0.05, 0) is 47.0 Å². The number of benzene rings is 1. The van der Waals surface area contributed by atoms with Crippen LogP contribution in [-0.4, -0.2) is 32.6 Å². The topological polar surface area (TPSA) is 92.7 Å².